The van der Waals surface area contributed by atoms with Gasteiger partial charge in [-0.15, -0.1) is 0 Å². The summed E-state index contributed by atoms with van der Waals surface area (Å²) in [7, 11) is 3.28. The predicted octanol–water partition coefficient (Wildman–Crippen LogP) is 1.34. The minimum atomic E-state index is -0.382. The maximum Gasteiger partial charge on any atom is 0.333 e. The van der Waals surface area contributed by atoms with Crippen LogP contribution in [0.3, 0.4) is 0 Å². The van der Waals surface area contributed by atoms with Gasteiger partial charge < -0.3 is 10.1 Å². The normalized spacial score (nSPS) is 10.5. The third-order valence-electron chi connectivity index (χ3n) is 2.36. The van der Waals surface area contributed by atoms with Gasteiger partial charge in [0.25, 0.3) is 0 Å². The van der Waals surface area contributed by atoms with E-state index in [0.29, 0.717) is 31.1 Å². The summed E-state index contributed by atoms with van der Waals surface area (Å²) in [6, 6.07) is 0. The summed E-state index contributed by atoms with van der Waals surface area (Å²) in [4.78, 5) is 10.7. The number of hydrogen-bond donors (Lipinski definition) is 1. The van der Waals surface area contributed by atoms with Crippen LogP contribution in [0.25, 0.3) is 0 Å². The summed E-state index contributed by atoms with van der Waals surface area (Å²) in [5.74, 6) is 0.440. The van der Waals surface area contributed by atoms with Crippen LogP contribution in [0.1, 0.15) is 19.0 Å². The van der Waals surface area contributed by atoms with Gasteiger partial charge in [-0.3, -0.25) is 10.1 Å². The molecule has 0 saturated carbocycles. The summed E-state index contributed by atoms with van der Waals surface area (Å²) in [5.41, 5.74) is 0.602. The van der Waals surface area contributed by atoms with Gasteiger partial charge in [-0.25, -0.2) is 4.68 Å². The summed E-state index contributed by atoms with van der Waals surface area (Å²) >= 11 is 0. The molecule has 0 aliphatic rings. The van der Waals surface area contributed by atoms with Crippen LogP contribution < -0.4 is 5.32 Å². The standard InChI is InChI=1S/C10H18N4O3/c1-4-5-8-9(14(15)16)10(13(2)12-8)11-6-7-17-3/h11H,4-7H2,1-3H3. The van der Waals surface area contributed by atoms with Crippen molar-refractivity contribution in [3.8, 4) is 0 Å². The van der Waals surface area contributed by atoms with E-state index in [1.165, 1.54) is 4.68 Å². The van der Waals surface area contributed by atoms with Gasteiger partial charge in [0.15, 0.2) is 0 Å². The van der Waals surface area contributed by atoms with Crippen molar-refractivity contribution < 1.29 is 9.66 Å². The van der Waals surface area contributed by atoms with Gasteiger partial charge in [0.1, 0.15) is 5.69 Å². The molecule has 1 N–H and O–H groups in total. The second-order valence-corrected chi connectivity index (χ2v) is 3.69. The first-order valence-corrected chi connectivity index (χ1v) is 5.54. The highest BCUT2D eigenvalue weighted by molar-refractivity contribution is 5.59. The summed E-state index contributed by atoms with van der Waals surface area (Å²) in [6.45, 7) is 2.98. The average molecular weight is 242 g/mol. The minimum Gasteiger partial charge on any atom is -0.383 e. The molecule has 1 rings (SSSR count). The van der Waals surface area contributed by atoms with E-state index in [1.54, 1.807) is 14.2 Å². The Labute approximate surface area is 99.9 Å². The van der Waals surface area contributed by atoms with Gasteiger partial charge >= 0.3 is 5.69 Å². The molecule has 0 unspecified atom stereocenters. The number of anilines is 1. The molecule has 0 amide bonds. The number of methoxy groups -OCH3 is 1. The molecule has 0 aliphatic carbocycles. The largest absolute Gasteiger partial charge is 0.383 e. The van der Waals surface area contributed by atoms with E-state index in [4.69, 9.17) is 4.74 Å². The van der Waals surface area contributed by atoms with Gasteiger partial charge in [0.05, 0.1) is 11.5 Å². The Hall–Kier alpha value is -1.63. The number of nitrogens with zero attached hydrogens (tertiary/aromatic N) is 3. The third kappa shape index (κ3) is 3.16. The predicted molar refractivity (Wildman–Crippen MR) is 64.2 cm³/mol. The molecule has 1 aromatic heterocycles. The topological polar surface area (TPSA) is 82.2 Å². The fourth-order valence-electron chi connectivity index (χ4n) is 1.64. The van der Waals surface area contributed by atoms with Crippen LogP contribution in [0.5, 0.6) is 0 Å². The van der Waals surface area contributed by atoms with Gasteiger partial charge in [-0.1, -0.05) is 13.3 Å². The zero-order valence-corrected chi connectivity index (χ0v) is 10.4. The number of nitrogens with one attached hydrogen (secondary N) is 1. The number of ether oxygens (including phenoxy) is 1. The second-order valence-electron chi connectivity index (χ2n) is 3.69. The lowest BCUT2D eigenvalue weighted by Crippen LogP contribution is -2.11. The zero-order chi connectivity index (χ0) is 12.8. The van der Waals surface area contributed by atoms with Gasteiger partial charge in [-0.05, 0) is 6.42 Å². The Morgan fingerprint density at radius 3 is 2.82 bits per heavy atom. The van der Waals surface area contributed by atoms with Crippen LogP contribution in [-0.2, 0) is 18.2 Å². The Balaban J connectivity index is 2.96. The molecule has 0 radical (unpaired) electrons. The average Bonchev–Trinajstić information content (AvgIpc) is 2.56. The molecular formula is C10H18N4O3. The molecule has 0 fully saturated rings. The van der Waals surface area contributed by atoms with Crippen molar-refractivity contribution in [1.82, 2.24) is 9.78 Å². The quantitative estimate of drug-likeness (QED) is 0.443. The highest BCUT2D eigenvalue weighted by Crippen LogP contribution is 2.28. The smallest absolute Gasteiger partial charge is 0.333 e. The third-order valence-corrected chi connectivity index (χ3v) is 2.36. The van der Waals surface area contributed by atoms with Gasteiger partial charge in [0.2, 0.25) is 5.82 Å². The molecule has 1 aromatic rings. The molecule has 0 aromatic carbocycles. The molecule has 0 atom stereocenters. The van der Waals surface area contributed by atoms with E-state index in [0.717, 1.165) is 6.42 Å². The Bertz CT molecular complexity index is 389. The lowest BCUT2D eigenvalue weighted by molar-refractivity contribution is -0.384. The van der Waals surface area contributed by atoms with Crippen LogP contribution in [0.2, 0.25) is 0 Å². The first-order chi connectivity index (χ1) is 8.11. The van der Waals surface area contributed by atoms with Gasteiger partial charge in [0, 0.05) is 20.7 Å². The van der Waals surface area contributed by atoms with Gasteiger partial charge in [-0.2, -0.15) is 5.10 Å². The number of aromatic nitrogens is 2. The minimum absolute atomic E-state index is 0.0745. The molecule has 0 aliphatic heterocycles. The Morgan fingerprint density at radius 1 is 1.59 bits per heavy atom. The van der Waals surface area contributed by atoms with E-state index >= 15 is 0 Å². The highest BCUT2D eigenvalue weighted by Gasteiger charge is 2.25. The second kappa shape index (κ2) is 6.19. The van der Waals surface area contributed by atoms with Crippen LogP contribution in [0.15, 0.2) is 0 Å². The van der Waals surface area contributed by atoms with E-state index in [2.05, 4.69) is 10.4 Å². The molecule has 7 nitrogen and oxygen atoms in total. The van der Waals surface area contributed by atoms with Crippen molar-refractivity contribution >= 4 is 11.5 Å². The molecule has 7 heteroatoms. The maximum absolute atomic E-state index is 11.0. The van der Waals surface area contributed by atoms with E-state index in [1.807, 2.05) is 6.92 Å². The monoisotopic (exact) mass is 242 g/mol. The van der Waals surface area contributed by atoms with Crippen LogP contribution in [0, 0.1) is 10.1 Å². The van der Waals surface area contributed by atoms with Crippen molar-refractivity contribution in [2.45, 2.75) is 19.8 Å². The lowest BCUT2D eigenvalue weighted by atomic mass is 10.2. The maximum atomic E-state index is 11.0. The SMILES string of the molecule is CCCc1nn(C)c(NCCOC)c1[N+](=O)[O-]. The molecule has 1 heterocycles. The molecular weight excluding hydrogens is 224 g/mol. The molecule has 0 bridgehead atoms. The number of hydrogen-bond acceptors (Lipinski definition) is 5. The van der Waals surface area contributed by atoms with Crippen LogP contribution in [0.4, 0.5) is 11.5 Å². The first kappa shape index (κ1) is 13.4. The van der Waals surface area contributed by atoms with Crippen molar-refractivity contribution in [3.05, 3.63) is 15.8 Å². The fraction of sp³-hybridized carbons (Fsp3) is 0.700. The van der Waals surface area contributed by atoms with Crippen LogP contribution in [-0.4, -0.2) is 35.0 Å². The first-order valence-electron chi connectivity index (χ1n) is 5.54. The number of aryl methyl sites for hydroxylation is 2. The molecule has 0 spiro atoms. The Morgan fingerprint density at radius 2 is 2.29 bits per heavy atom. The highest BCUT2D eigenvalue weighted by atomic mass is 16.6. The van der Waals surface area contributed by atoms with E-state index < -0.39 is 0 Å². The van der Waals surface area contributed by atoms with E-state index in [9.17, 15) is 10.1 Å². The van der Waals surface area contributed by atoms with Crippen LogP contribution >= 0.6 is 0 Å². The van der Waals surface area contributed by atoms with Crippen molar-refractivity contribution in [2.75, 3.05) is 25.6 Å². The fourth-order valence-corrected chi connectivity index (χ4v) is 1.64. The summed E-state index contributed by atoms with van der Waals surface area (Å²) < 4.78 is 6.41. The summed E-state index contributed by atoms with van der Waals surface area (Å²) in [6.07, 6.45) is 1.44. The number of nitro groups is 1. The molecule has 0 saturated heterocycles. The van der Waals surface area contributed by atoms with E-state index in [-0.39, 0.29) is 10.6 Å². The molecule has 17 heavy (non-hydrogen) atoms. The van der Waals surface area contributed by atoms with Crippen molar-refractivity contribution in [3.63, 3.8) is 0 Å². The summed E-state index contributed by atoms with van der Waals surface area (Å²) in [5, 5.41) is 18.2. The number of rotatable bonds is 7. The zero-order valence-electron chi connectivity index (χ0n) is 10.4. The lowest BCUT2D eigenvalue weighted by Gasteiger charge is -2.04. The Kier molecular flexibility index (Phi) is 4.89. The van der Waals surface area contributed by atoms with Crippen molar-refractivity contribution in [2.24, 2.45) is 7.05 Å². The molecule has 96 valence electrons. The van der Waals surface area contributed by atoms with Crippen molar-refractivity contribution in [1.29, 1.82) is 0 Å².